The van der Waals surface area contributed by atoms with E-state index in [0.29, 0.717) is 12.8 Å². The van der Waals surface area contributed by atoms with E-state index in [9.17, 15) is 4.79 Å². The number of carboxylic acid groups (broad SMARTS) is 1. The van der Waals surface area contributed by atoms with Crippen LogP contribution in [0.4, 0.5) is 0 Å². The van der Waals surface area contributed by atoms with Crippen molar-refractivity contribution in [3.8, 4) is 0 Å². The van der Waals surface area contributed by atoms with E-state index in [1.54, 1.807) is 0 Å². The van der Waals surface area contributed by atoms with Gasteiger partial charge < -0.3 is 10.0 Å². The zero-order valence-electron chi connectivity index (χ0n) is 7.21. The van der Waals surface area contributed by atoms with Crippen LogP contribution in [0, 0.1) is 0 Å². The fraction of sp³-hybridized carbons (Fsp3) is 0.857. The minimum atomic E-state index is -0.745. The predicted octanol–water partition coefficient (Wildman–Crippen LogP) is -0.0849. The number of carbonyl (C=O) groups is 1. The molecular formula is C7H15N2O2P. The Morgan fingerprint density at radius 2 is 2.08 bits per heavy atom. The number of carboxylic acids is 1. The summed E-state index contributed by atoms with van der Waals surface area (Å²) in [6, 6.07) is 0. The van der Waals surface area contributed by atoms with Gasteiger partial charge in [0.15, 0.2) is 0 Å². The maximum atomic E-state index is 10.9. The lowest BCUT2D eigenvalue weighted by molar-refractivity contribution is -0.145. The molecule has 5 heteroatoms. The van der Waals surface area contributed by atoms with Crippen molar-refractivity contribution in [1.29, 1.82) is 0 Å². The van der Waals surface area contributed by atoms with Crippen molar-refractivity contribution >= 4 is 15.4 Å². The summed E-state index contributed by atoms with van der Waals surface area (Å²) in [4.78, 5) is 13.1. The Bertz CT molecular complexity index is 178. The van der Waals surface area contributed by atoms with Crippen LogP contribution in [0.3, 0.4) is 0 Å². The standard InChI is InChI=1S/C7H15N2O2P/c1-9-4-2-7(8-12,3-5-9)6(10)11/h8H,2-5,12H2,1H3,(H,10,11). The summed E-state index contributed by atoms with van der Waals surface area (Å²) in [5, 5.41) is 11.8. The number of aliphatic carboxylic acids is 1. The summed E-state index contributed by atoms with van der Waals surface area (Å²) in [6.07, 6.45) is 1.34. The maximum absolute atomic E-state index is 10.9. The largest absolute Gasteiger partial charge is 0.480 e. The average Bonchev–Trinajstić information content (AvgIpc) is 2.06. The molecular weight excluding hydrogens is 175 g/mol. The predicted molar refractivity (Wildman–Crippen MR) is 49.9 cm³/mol. The van der Waals surface area contributed by atoms with Crippen LogP contribution in [0.1, 0.15) is 12.8 Å². The van der Waals surface area contributed by atoms with Gasteiger partial charge in [-0.3, -0.25) is 9.88 Å². The first-order chi connectivity index (χ1) is 5.60. The van der Waals surface area contributed by atoms with Crippen molar-refractivity contribution in [2.24, 2.45) is 0 Å². The van der Waals surface area contributed by atoms with Gasteiger partial charge in [-0.05, 0) is 19.9 Å². The van der Waals surface area contributed by atoms with Gasteiger partial charge in [0.05, 0.1) is 0 Å². The number of nitrogens with zero attached hydrogens (tertiary/aromatic N) is 1. The second-order valence-corrected chi connectivity index (χ2v) is 3.62. The molecule has 0 amide bonds. The lowest BCUT2D eigenvalue weighted by Gasteiger charge is -2.36. The molecule has 1 aliphatic heterocycles. The molecule has 1 rings (SSSR count). The molecule has 1 heterocycles. The molecule has 4 nitrogen and oxygen atoms in total. The molecule has 2 N–H and O–H groups in total. The molecule has 1 fully saturated rings. The van der Waals surface area contributed by atoms with Gasteiger partial charge in [-0.2, -0.15) is 0 Å². The Morgan fingerprint density at radius 3 is 2.42 bits per heavy atom. The lowest BCUT2D eigenvalue weighted by atomic mass is 9.89. The normalized spacial score (nSPS) is 23.8. The SMILES string of the molecule is CN1CCC(NP)(C(=O)O)CC1. The minimum Gasteiger partial charge on any atom is -0.480 e. The molecule has 0 aliphatic carbocycles. The van der Waals surface area contributed by atoms with Crippen LogP contribution < -0.4 is 5.09 Å². The summed E-state index contributed by atoms with van der Waals surface area (Å²) in [7, 11) is 4.32. The van der Waals surface area contributed by atoms with E-state index in [1.165, 1.54) is 0 Å². The van der Waals surface area contributed by atoms with E-state index < -0.39 is 11.5 Å². The van der Waals surface area contributed by atoms with Gasteiger partial charge in [-0.15, -0.1) is 0 Å². The molecule has 1 unspecified atom stereocenters. The first-order valence-electron chi connectivity index (χ1n) is 4.00. The number of likely N-dealkylation sites (tertiary alicyclic amines) is 1. The van der Waals surface area contributed by atoms with E-state index in [1.807, 2.05) is 7.05 Å². The van der Waals surface area contributed by atoms with Gasteiger partial charge in [0.25, 0.3) is 0 Å². The summed E-state index contributed by atoms with van der Waals surface area (Å²) >= 11 is 0. The molecule has 0 aromatic heterocycles. The fourth-order valence-corrected chi connectivity index (χ4v) is 1.83. The second kappa shape index (κ2) is 3.69. The Kier molecular flexibility index (Phi) is 3.04. The van der Waals surface area contributed by atoms with Gasteiger partial charge in [0.2, 0.25) is 0 Å². The van der Waals surface area contributed by atoms with Crippen LogP contribution in [0.2, 0.25) is 0 Å². The highest BCUT2D eigenvalue weighted by Crippen LogP contribution is 2.22. The maximum Gasteiger partial charge on any atom is 0.324 e. The molecule has 0 aromatic rings. The number of nitrogens with one attached hydrogen (secondary N) is 1. The van der Waals surface area contributed by atoms with Gasteiger partial charge in [-0.1, -0.05) is 9.39 Å². The van der Waals surface area contributed by atoms with E-state index in [-0.39, 0.29) is 0 Å². The molecule has 0 spiro atoms. The lowest BCUT2D eigenvalue weighted by Crippen LogP contribution is -2.54. The first kappa shape index (κ1) is 9.90. The Hall–Kier alpha value is -0.180. The molecule has 0 saturated carbocycles. The van der Waals surface area contributed by atoms with E-state index >= 15 is 0 Å². The Labute approximate surface area is 74.6 Å². The minimum absolute atomic E-state index is 0.669. The summed E-state index contributed by atoms with van der Waals surface area (Å²) in [5.74, 6) is -0.745. The third-order valence-corrected chi connectivity index (χ3v) is 3.08. The molecule has 1 saturated heterocycles. The molecule has 0 radical (unpaired) electrons. The van der Waals surface area contributed by atoms with Crippen LogP contribution >= 0.6 is 9.39 Å². The number of hydrogen-bond acceptors (Lipinski definition) is 3. The van der Waals surface area contributed by atoms with Crippen LogP contribution in [0.25, 0.3) is 0 Å². The van der Waals surface area contributed by atoms with Crippen molar-refractivity contribution in [1.82, 2.24) is 9.99 Å². The van der Waals surface area contributed by atoms with Crippen LogP contribution in [-0.2, 0) is 4.79 Å². The number of rotatable bonds is 2. The number of hydrogen-bond donors (Lipinski definition) is 2. The highest BCUT2D eigenvalue weighted by Gasteiger charge is 2.39. The summed E-state index contributed by atoms with van der Waals surface area (Å²) in [6.45, 7) is 1.68. The van der Waals surface area contributed by atoms with Gasteiger partial charge in [0.1, 0.15) is 5.54 Å². The fourth-order valence-electron chi connectivity index (χ4n) is 1.42. The highest BCUT2D eigenvalue weighted by atomic mass is 31.0. The van der Waals surface area contributed by atoms with E-state index in [4.69, 9.17) is 5.11 Å². The number of piperidine rings is 1. The zero-order valence-corrected chi connectivity index (χ0v) is 8.36. The van der Waals surface area contributed by atoms with Crippen LogP contribution in [-0.4, -0.2) is 41.7 Å². The molecule has 70 valence electrons. The van der Waals surface area contributed by atoms with Crippen molar-refractivity contribution < 1.29 is 9.90 Å². The third-order valence-electron chi connectivity index (χ3n) is 2.53. The van der Waals surface area contributed by atoms with Crippen molar-refractivity contribution in [2.45, 2.75) is 18.4 Å². The van der Waals surface area contributed by atoms with Gasteiger partial charge >= 0.3 is 5.97 Å². The van der Waals surface area contributed by atoms with E-state index in [0.717, 1.165) is 13.1 Å². The van der Waals surface area contributed by atoms with Crippen molar-refractivity contribution in [3.05, 3.63) is 0 Å². The van der Waals surface area contributed by atoms with Crippen molar-refractivity contribution in [2.75, 3.05) is 20.1 Å². The zero-order chi connectivity index (χ0) is 9.19. The Balaban J connectivity index is 2.63. The first-order valence-corrected chi connectivity index (χ1v) is 4.58. The topological polar surface area (TPSA) is 52.6 Å². The van der Waals surface area contributed by atoms with Gasteiger partial charge in [-0.25, -0.2) is 0 Å². The van der Waals surface area contributed by atoms with E-state index in [2.05, 4.69) is 19.4 Å². The molecule has 1 atom stereocenters. The summed E-state index contributed by atoms with van der Waals surface area (Å²) in [5.41, 5.74) is -0.711. The van der Waals surface area contributed by atoms with Crippen molar-refractivity contribution in [3.63, 3.8) is 0 Å². The second-order valence-electron chi connectivity index (χ2n) is 3.33. The Morgan fingerprint density at radius 1 is 1.58 bits per heavy atom. The molecule has 0 bridgehead atoms. The third kappa shape index (κ3) is 1.76. The quantitative estimate of drug-likeness (QED) is 0.598. The van der Waals surface area contributed by atoms with Gasteiger partial charge in [0, 0.05) is 13.1 Å². The summed E-state index contributed by atoms with van der Waals surface area (Å²) < 4.78 is 0. The van der Waals surface area contributed by atoms with Crippen LogP contribution in [0.15, 0.2) is 0 Å². The monoisotopic (exact) mass is 190 g/mol. The smallest absolute Gasteiger partial charge is 0.324 e. The average molecular weight is 190 g/mol. The highest BCUT2D eigenvalue weighted by molar-refractivity contribution is 7.13. The molecule has 0 aromatic carbocycles. The molecule has 12 heavy (non-hydrogen) atoms. The molecule has 1 aliphatic rings. The van der Waals surface area contributed by atoms with Crippen LogP contribution in [0.5, 0.6) is 0 Å².